The number of nitrogens with zero attached hydrogens (tertiary/aromatic N) is 5. The molecule has 4 heterocycles. The first-order chi connectivity index (χ1) is 24.5. The molecule has 2 amide bonds. The summed E-state index contributed by atoms with van der Waals surface area (Å²) in [5.41, 5.74) is 2.01. The van der Waals surface area contributed by atoms with Crippen molar-refractivity contribution in [3.63, 3.8) is 0 Å². The number of piperidine rings is 1. The van der Waals surface area contributed by atoms with Crippen LogP contribution in [0.5, 0.6) is 0 Å². The van der Waals surface area contributed by atoms with Crippen molar-refractivity contribution in [1.82, 2.24) is 20.2 Å². The Morgan fingerprint density at radius 2 is 1.63 bits per heavy atom. The molecule has 0 bridgehead atoms. The van der Waals surface area contributed by atoms with Crippen molar-refractivity contribution in [3.05, 3.63) is 64.1 Å². The molecule has 2 aromatic heterocycles. The maximum Gasteiger partial charge on any atom is 0.310 e. The van der Waals surface area contributed by atoms with Gasteiger partial charge in [0, 0.05) is 43.0 Å². The third-order valence-electron chi connectivity index (χ3n) is 11.3. The predicted molar refractivity (Wildman–Crippen MR) is 198 cm³/mol. The first kappa shape index (κ1) is 36.5. The second-order valence-electron chi connectivity index (χ2n) is 15.3. The van der Waals surface area contributed by atoms with Crippen LogP contribution in [0.4, 0.5) is 5.69 Å². The molecule has 1 atom stereocenters. The highest BCUT2D eigenvalue weighted by Gasteiger charge is 2.39. The summed E-state index contributed by atoms with van der Waals surface area (Å²) in [4.78, 5) is 52.7. The number of carbonyl (C=O) groups is 3. The Bertz CT molecular complexity index is 1710. The molecule has 1 aliphatic carbocycles. The number of nitriles is 1. The lowest BCUT2D eigenvalue weighted by atomic mass is 9.72. The fraction of sp³-hybridized carbons (Fsp3) is 0.550. The summed E-state index contributed by atoms with van der Waals surface area (Å²) >= 11 is 1.23. The fourth-order valence-electron chi connectivity index (χ4n) is 7.96. The Labute approximate surface area is 305 Å². The van der Waals surface area contributed by atoms with Crippen molar-refractivity contribution < 1.29 is 19.5 Å². The maximum absolute atomic E-state index is 13.5. The quantitative estimate of drug-likeness (QED) is 0.211. The zero-order valence-electron chi connectivity index (χ0n) is 30.0. The van der Waals surface area contributed by atoms with Crippen LogP contribution in [0, 0.1) is 35.0 Å². The fourth-order valence-corrected chi connectivity index (χ4v) is 8.92. The number of anilines is 1. The lowest BCUT2D eigenvalue weighted by molar-refractivity contribution is -0.153. The Kier molecular flexibility index (Phi) is 11.4. The van der Waals surface area contributed by atoms with Gasteiger partial charge in [0.2, 0.25) is 5.91 Å². The van der Waals surface area contributed by atoms with E-state index in [1.165, 1.54) is 67.6 Å². The number of hydrogen-bond donors (Lipinski definition) is 2. The Hall–Kier alpha value is -4.30. The first-order valence-corrected chi connectivity index (χ1v) is 19.4. The molecule has 2 saturated heterocycles. The molecule has 0 unspecified atom stereocenters. The van der Waals surface area contributed by atoms with Crippen molar-refractivity contribution in [2.24, 2.45) is 23.7 Å². The second kappa shape index (κ2) is 15.9. The molecule has 10 nitrogen and oxygen atoms in total. The molecule has 0 spiro atoms. The van der Waals surface area contributed by atoms with Crippen LogP contribution in [0.3, 0.4) is 0 Å². The molecular weight excluding hydrogens is 661 g/mol. The minimum atomic E-state index is -0.934. The summed E-state index contributed by atoms with van der Waals surface area (Å²) in [6.45, 7) is 8.22. The van der Waals surface area contributed by atoms with E-state index in [0.717, 1.165) is 52.5 Å². The van der Waals surface area contributed by atoms with Crippen LogP contribution in [0.15, 0.2) is 48.8 Å². The summed E-state index contributed by atoms with van der Waals surface area (Å²) in [7, 11) is 0. The van der Waals surface area contributed by atoms with Crippen LogP contribution in [0.2, 0.25) is 0 Å². The smallest absolute Gasteiger partial charge is 0.310 e. The molecule has 270 valence electrons. The first-order valence-electron chi connectivity index (χ1n) is 18.5. The summed E-state index contributed by atoms with van der Waals surface area (Å²) in [5.74, 6) is 1.05. The standard InChI is InChI=1S/C40H50N6O4S/c1-4-5-26-6-10-28(11-7-26)29-16-18-45(19-17-29)32-21-42-36(43-22-32)30-12-8-27(9-13-30)20-33(38(48)46-23-31(24-46)39(49)50)44-37(47)34-14-15-35(51-34)40(2,3)25-41/h8-9,12-15,21-22,26,28-29,31,33H,4-7,10-11,16-20,23-24H2,1-3H3,(H,44,47)(H,49,50)/t26-,28-,33-/m0/s1. The summed E-state index contributed by atoms with van der Waals surface area (Å²) in [6, 6.07) is 12.5. The molecular formula is C40H50N6O4S. The van der Waals surface area contributed by atoms with Crippen LogP contribution < -0.4 is 10.2 Å². The number of thiophene rings is 1. The van der Waals surface area contributed by atoms with Gasteiger partial charge in [0.1, 0.15) is 6.04 Å². The summed E-state index contributed by atoms with van der Waals surface area (Å²) in [5, 5.41) is 21.7. The van der Waals surface area contributed by atoms with Crippen molar-refractivity contribution in [3.8, 4) is 17.5 Å². The maximum atomic E-state index is 13.5. The van der Waals surface area contributed by atoms with Crippen LogP contribution in [-0.2, 0) is 21.4 Å². The van der Waals surface area contributed by atoms with Gasteiger partial charge in [0.25, 0.3) is 5.91 Å². The molecule has 6 rings (SSSR count). The van der Waals surface area contributed by atoms with Gasteiger partial charge in [-0.15, -0.1) is 11.3 Å². The second-order valence-corrected chi connectivity index (χ2v) is 16.3. The molecule has 2 aliphatic heterocycles. The highest BCUT2D eigenvalue weighted by atomic mass is 32.1. The van der Waals surface area contributed by atoms with Crippen LogP contribution >= 0.6 is 11.3 Å². The third-order valence-corrected chi connectivity index (χ3v) is 12.7. The van der Waals surface area contributed by atoms with Gasteiger partial charge in [0.15, 0.2) is 5.82 Å². The lowest BCUT2D eigenvalue weighted by Gasteiger charge is -2.39. The Morgan fingerprint density at radius 1 is 0.980 bits per heavy atom. The highest BCUT2D eigenvalue weighted by Crippen LogP contribution is 2.40. The van der Waals surface area contributed by atoms with E-state index in [0.29, 0.717) is 10.7 Å². The van der Waals surface area contributed by atoms with Gasteiger partial charge in [-0.3, -0.25) is 14.4 Å². The van der Waals surface area contributed by atoms with E-state index in [1.807, 2.05) is 36.7 Å². The minimum Gasteiger partial charge on any atom is -0.481 e. The van der Waals surface area contributed by atoms with Gasteiger partial charge in [0.05, 0.1) is 40.4 Å². The number of nitrogens with one attached hydrogen (secondary N) is 1. The number of hydrogen-bond acceptors (Lipinski definition) is 8. The van der Waals surface area contributed by atoms with Crippen LogP contribution in [0.1, 0.15) is 92.3 Å². The number of carboxylic acid groups (broad SMARTS) is 1. The zero-order valence-corrected chi connectivity index (χ0v) is 30.8. The van der Waals surface area contributed by atoms with E-state index in [2.05, 4.69) is 23.2 Å². The number of aromatic nitrogens is 2. The average molecular weight is 711 g/mol. The monoisotopic (exact) mass is 710 g/mol. The lowest BCUT2D eigenvalue weighted by Crippen LogP contribution is -2.59. The molecule has 3 aliphatic rings. The van der Waals surface area contributed by atoms with Crippen molar-refractivity contribution in [2.45, 2.75) is 90.0 Å². The molecule has 1 aromatic carbocycles. The number of likely N-dealkylation sites (tertiary alicyclic amines) is 1. The molecule has 0 radical (unpaired) electrons. The predicted octanol–water partition coefficient (Wildman–Crippen LogP) is 6.71. The molecule has 1 saturated carbocycles. The van der Waals surface area contributed by atoms with Gasteiger partial charge in [-0.05, 0) is 75.0 Å². The number of carbonyl (C=O) groups excluding carboxylic acids is 2. The number of rotatable bonds is 12. The summed E-state index contributed by atoms with van der Waals surface area (Å²) < 4.78 is 0. The van der Waals surface area contributed by atoms with E-state index >= 15 is 0 Å². The Balaban J connectivity index is 1.06. The number of benzene rings is 1. The van der Waals surface area contributed by atoms with Crippen molar-refractivity contribution >= 4 is 34.8 Å². The zero-order chi connectivity index (χ0) is 36.1. The topological polar surface area (TPSA) is 140 Å². The van der Waals surface area contributed by atoms with Crippen LogP contribution in [0.25, 0.3) is 11.4 Å². The SMILES string of the molecule is CCC[C@H]1CC[C@H](C2CCN(c3cnc(-c4ccc(C[C@H](NC(=O)c5ccc(C(C)(C)C#N)s5)C(=O)N5CC(C(=O)O)C5)cc4)nc3)CC2)CC1. The summed E-state index contributed by atoms with van der Waals surface area (Å²) in [6.07, 6.45) is 14.9. The number of amides is 2. The number of aliphatic carboxylic acids is 1. The minimum absolute atomic E-state index is 0.115. The van der Waals surface area contributed by atoms with Crippen molar-refractivity contribution in [1.29, 1.82) is 5.26 Å². The van der Waals surface area contributed by atoms with Gasteiger partial charge >= 0.3 is 5.97 Å². The number of carboxylic acids is 1. The van der Waals surface area contributed by atoms with Gasteiger partial charge in [-0.2, -0.15) is 5.26 Å². The molecule has 2 N–H and O–H groups in total. The third kappa shape index (κ3) is 8.61. The van der Waals surface area contributed by atoms with E-state index in [4.69, 9.17) is 9.97 Å². The van der Waals surface area contributed by atoms with E-state index in [9.17, 15) is 24.8 Å². The molecule has 11 heteroatoms. The van der Waals surface area contributed by atoms with Gasteiger partial charge < -0.3 is 20.2 Å². The van der Waals surface area contributed by atoms with E-state index < -0.39 is 29.3 Å². The normalized spacial score (nSPS) is 20.7. The van der Waals surface area contributed by atoms with Gasteiger partial charge in [-0.25, -0.2) is 9.97 Å². The van der Waals surface area contributed by atoms with E-state index in [-0.39, 0.29) is 25.4 Å². The highest BCUT2D eigenvalue weighted by molar-refractivity contribution is 7.14. The Morgan fingerprint density at radius 3 is 2.24 bits per heavy atom. The van der Waals surface area contributed by atoms with Crippen LogP contribution in [-0.4, -0.2) is 70.0 Å². The molecule has 3 fully saturated rings. The molecule has 3 aromatic rings. The molecule has 51 heavy (non-hydrogen) atoms. The van der Waals surface area contributed by atoms with Crippen molar-refractivity contribution in [2.75, 3.05) is 31.1 Å². The van der Waals surface area contributed by atoms with Gasteiger partial charge in [-0.1, -0.05) is 56.9 Å². The largest absolute Gasteiger partial charge is 0.481 e. The van der Waals surface area contributed by atoms with E-state index in [1.54, 1.807) is 26.0 Å². The average Bonchev–Trinajstić information content (AvgIpc) is 3.64.